The van der Waals surface area contributed by atoms with Crippen molar-refractivity contribution >= 4 is 11.4 Å². The maximum atomic E-state index is 13.3. The normalized spacial score (nSPS) is 10.5. The fraction of sp³-hybridized carbons (Fsp3) is 0.200. The number of aliphatic hydroxyl groups is 1. The predicted octanol–water partition coefficient (Wildman–Crippen LogP) is 3.62. The minimum Gasteiger partial charge on any atom is -0.392 e. The van der Waals surface area contributed by atoms with Gasteiger partial charge in [0.25, 0.3) is 0 Å². The first-order valence-corrected chi connectivity index (χ1v) is 6.08. The zero-order valence-corrected chi connectivity index (χ0v) is 10.6. The molecule has 0 spiro atoms. The number of benzene rings is 2. The summed E-state index contributed by atoms with van der Waals surface area (Å²) in [6.45, 7) is 2.23. The minimum absolute atomic E-state index is 0.265. The van der Waals surface area contributed by atoms with Crippen LogP contribution in [0.1, 0.15) is 12.5 Å². The summed E-state index contributed by atoms with van der Waals surface area (Å²) < 4.78 is 26.5. The third-order valence-corrected chi connectivity index (χ3v) is 2.94. The van der Waals surface area contributed by atoms with Crippen molar-refractivity contribution in [3.8, 4) is 0 Å². The van der Waals surface area contributed by atoms with E-state index in [9.17, 15) is 13.9 Å². The van der Waals surface area contributed by atoms with E-state index in [1.54, 1.807) is 18.2 Å². The summed E-state index contributed by atoms with van der Waals surface area (Å²) in [4.78, 5) is 1.83. The second kappa shape index (κ2) is 5.80. The van der Waals surface area contributed by atoms with E-state index in [1.807, 2.05) is 11.8 Å². The monoisotopic (exact) mass is 263 g/mol. The fourth-order valence-electron chi connectivity index (χ4n) is 2.08. The van der Waals surface area contributed by atoms with Gasteiger partial charge in [-0.15, -0.1) is 0 Å². The van der Waals surface area contributed by atoms with Crippen LogP contribution in [0.25, 0.3) is 0 Å². The molecule has 0 aliphatic carbocycles. The van der Waals surface area contributed by atoms with Crippen LogP contribution >= 0.6 is 0 Å². The van der Waals surface area contributed by atoms with Crippen LogP contribution in [0.15, 0.2) is 42.5 Å². The third kappa shape index (κ3) is 2.90. The molecule has 0 atom stereocenters. The van der Waals surface area contributed by atoms with Crippen molar-refractivity contribution in [3.05, 3.63) is 59.7 Å². The highest BCUT2D eigenvalue weighted by Crippen LogP contribution is 2.29. The van der Waals surface area contributed by atoms with E-state index in [0.29, 0.717) is 23.5 Å². The van der Waals surface area contributed by atoms with Crippen LogP contribution in [-0.4, -0.2) is 11.7 Å². The number of rotatable bonds is 4. The average Bonchev–Trinajstić information content (AvgIpc) is 2.41. The van der Waals surface area contributed by atoms with Crippen molar-refractivity contribution in [3.63, 3.8) is 0 Å². The van der Waals surface area contributed by atoms with Crippen LogP contribution in [0, 0.1) is 11.6 Å². The van der Waals surface area contributed by atoms with Crippen LogP contribution in [0.3, 0.4) is 0 Å². The molecule has 0 aromatic heterocycles. The molecule has 2 nitrogen and oxygen atoms in total. The minimum atomic E-state index is -0.400. The summed E-state index contributed by atoms with van der Waals surface area (Å²) in [6, 6.07) is 10.4. The summed E-state index contributed by atoms with van der Waals surface area (Å²) in [5, 5.41) is 9.32. The van der Waals surface area contributed by atoms with Gasteiger partial charge in [0, 0.05) is 23.5 Å². The molecular weight excluding hydrogens is 248 g/mol. The van der Waals surface area contributed by atoms with E-state index in [-0.39, 0.29) is 12.4 Å². The topological polar surface area (TPSA) is 23.5 Å². The lowest BCUT2D eigenvalue weighted by molar-refractivity contribution is 0.281. The highest BCUT2D eigenvalue weighted by Gasteiger charge is 2.12. The average molecular weight is 263 g/mol. The maximum Gasteiger partial charge on any atom is 0.125 e. The fourth-order valence-corrected chi connectivity index (χ4v) is 2.08. The molecular formula is C15H15F2NO. The number of nitrogens with zero attached hydrogens (tertiary/aromatic N) is 1. The molecule has 0 unspecified atom stereocenters. The van der Waals surface area contributed by atoms with Gasteiger partial charge in [0.15, 0.2) is 0 Å². The molecule has 0 bridgehead atoms. The molecule has 2 rings (SSSR count). The first-order valence-electron chi connectivity index (χ1n) is 6.08. The van der Waals surface area contributed by atoms with Gasteiger partial charge in [0.05, 0.1) is 6.61 Å². The Bertz CT molecular complexity index is 572. The predicted molar refractivity (Wildman–Crippen MR) is 71.4 cm³/mol. The van der Waals surface area contributed by atoms with Crippen LogP contribution < -0.4 is 4.90 Å². The molecule has 0 aliphatic rings. The maximum absolute atomic E-state index is 13.3. The van der Waals surface area contributed by atoms with Gasteiger partial charge in [-0.2, -0.15) is 0 Å². The lowest BCUT2D eigenvalue weighted by Gasteiger charge is -2.25. The van der Waals surface area contributed by atoms with Crippen LogP contribution in [-0.2, 0) is 6.61 Å². The van der Waals surface area contributed by atoms with E-state index < -0.39 is 5.82 Å². The van der Waals surface area contributed by atoms with Gasteiger partial charge in [0.2, 0.25) is 0 Å². The largest absolute Gasteiger partial charge is 0.392 e. The Balaban J connectivity index is 2.48. The van der Waals surface area contributed by atoms with Crippen LogP contribution in [0.2, 0.25) is 0 Å². The molecule has 2 aromatic carbocycles. The molecule has 0 saturated heterocycles. The summed E-state index contributed by atoms with van der Waals surface area (Å²) in [6.07, 6.45) is 0. The van der Waals surface area contributed by atoms with Crippen molar-refractivity contribution in [2.75, 3.05) is 11.4 Å². The summed E-state index contributed by atoms with van der Waals surface area (Å²) in [5.41, 5.74) is 1.83. The Hall–Kier alpha value is -1.94. The van der Waals surface area contributed by atoms with Gasteiger partial charge >= 0.3 is 0 Å². The first-order chi connectivity index (χ1) is 9.15. The van der Waals surface area contributed by atoms with Gasteiger partial charge in [-0.25, -0.2) is 8.78 Å². The molecule has 0 saturated carbocycles. The van der Waals surface area contributed by atoms with E-state index in [1.165, 1.54) is 24.3 Å². The van der Waals surface area contributed by atoms with Crippen molar-refractivity contribution < 1.29 is 13.9 Å². The Morgan fingerprint density at radius 3 is 2.42 bits per heavy atom. The zero-order chi connectivity index (χ0) is 13.8. The Labute approximate surface area is 110 Å². The second-order valence-electron chi connectivity index (χ2n) is 4.16. The Morgan fingerprint density at radius 1 is 1.05 bits per heavy atom. The van der Waals surface area contributed by atoms with Gasteiger partial charge in [0.1, 0.15) is 11.6 Å². The van der Waals surface area contributed by atoms with E-state index in [4.69, 9.17) is 0 Å². The number of hydrogen-bond donors (Lipinski definition) is 1. The van der Waals surface area contributed by atoms with Crippen molar-refractivity contribution in [1.82, 2.24) is 0 Å². The zero-order valence-electron chi connectivity index (χ0n) is 10.6. The van der Waals surface area contributed by atoms with Crippen molar-refractivity contribution in [2.45, 2.75) is 13.5 Å². The Morgan fingerprint density at radius 2 is 1.79 bits per heavy atom. The first kappa shape index (κ1) is 13.5. The van der Waals surface area contributed by atoms with E-state index in [2.05, 4.69) is 0 Å². The summed E-state index contributed by atoms with van der Waals surface area (Å²) in [5.74, 6) is -0.730. The molecule has 1 N–H and O–H groups in total. The van der Waals surface area contributed by atoms with Crippen LogP contribution in [0.4, 0.5) is 20.2 Å². The second-order valence-corrected chi connectivity index (χ2v) is 4.16. The molecule has 0 amide bonds. The van der Waals surface area contributed by atoms with E-state index >= 15 is 0 Å². The molecule has 0 radical (unpaired) electrons. The molecule has 100 valence electrons. The molecule has 2 aromatic rings. The highest BCUT2D eigenvalue weighted by molar-refractivity contribution is 5.66. The van der Waals surface area contributed by atoms with Crippen LogP contribution in [0.5, 0.6) is 0 Å². The van der Waals surface area contributed by atoms with Gasteiger partial charge in [-0.1, -0.05) is 6.07 Å². The molecule has 19 heavy (non-hydrogen) atoms. The molecule has 0 heterocycles. The molecule has 0 aliphatic heterocycles. The standard InChI is InChI=1S/C15H15F2NO/c1-2-18(14-5-3-4-12(16)9-14)15-7-6-13(17)8-11(15)10-19/h3-9,19H,2,10H2,1H3. The van der Waals surface area contributed by atoms with Crippen molar-refractivity contribution in [2.24, 2.45) is 0 Å². The lowest BCUT2D eigenvalue weighted by atomic mass is 10.1. The van der Waals surface area contributed by atoms with Gasteiger partial charge < -0.3 is 10.0 Å². The Kier molecular flexibility index (Phi) is 4.12. The van der Waals surface area contributed by atoms with E-state index in [0.717, 1.165) is 0 Å². The van der Waals surface area contributed by atoms with Crippen molar-refractivity contribution in [1.29, 1.82) is 0 Å². The SMILES string of the molecule is CCN(c1cccc(F)c1)c1ccc(F)cc1CO. The number of hydrogen-bond acceptors (Lipinski definition) is 2. The number of anilines is 2. The van der Waals surface area contributed by atoms with Gasteiger partial charge in [-0.3, -0.25) is 0 Å². The summed E-state index contributed by atoms with van der Waals surface area (Å²) >= 11 is 0. The number of halogens is 2. The summed E-state index contributed by atoms with van der Waals surface area (Å²) in [7, 11) is 0. The highest BCUT2D eigenvalue weighted by atomic mass is 19.1. The lowest BCUT2D eigenvalue weighted by Crippen LogP contribution is -2.18. The van der Waals surface area contributed by atoms with Gasteiger partial charge in [-0.05, 0) is 43.3 Å². The smallest absolute Gasteiger partial charge is 0.125 e. The quantitative estimate of drug-likeness (QED) is 0.910. The molecule has 4 heteroatoms. The third-order valence-electron chi connectivity index (χ3n) is 2.94. The molecule has 0 fully saturated rings. The number of aliphatic hydroxyl groups excluding tert-OH is 1.